The van der Waals surface area contributed by atoms with Gasteiger partial charge in [-0.1, -0.05) is 25.1 Å². The van der Waals surface area contributed by atoms with Crippen LogP contribution in [0.15, 0.2) is 34.2 Å². The van der Waals surface area contributed by atoms with Gasteiger partial charge in [0.2, 0.25) is 10.0 Å². The van der Waals surface area contributed by atoms with Crippen molar-refractivity contribution < 1.29 is 8.42 Å². The van der Waals surface area contributed by atoms with Gasteiger partial charge in [-0.25, -0.2) is 13.4 Å². The number of guanidine groups is 1. The third-order valence-corrected chi connectivity index (χ3v) is 6.48. The molecule has 7 nitrogen and oxygen atoms in total. The minimum absolute atomic E-state index is 0. The van der Waals surface area contributed by atoms with Crippen molar-refractivity contribution in [1.29, 1.82) is 0 Å². The Bertz CT molecular complexity index is 703. The third kappa shape index (κ3) is 6.07. The van der Waals surface area contributed by atoms with Crippen molar-refractivity contribution in [3.05, 3.63) is 29.8 Å². The fraction of sp³-hybridized carbons (Fsp3) is 0.588. The molecule has 1 fully saturated rings. The number of nitrogens with zero attached hydrogens (tertiary/aromatic N) is 3. The van der Waals surface area contributed by atoms with Gasteiger partial charge in [-0.3, -0.25) is 0 Å². The normalized spacial score (nSPS) is 18.2. The van der Waals surface area contributed by atoms with Gasteiger partial charge in [-0.15, -0.1) is 24.0 Å². The molecule has 0 amide bonds. The van der Waals surface area contributed by atoms with Crippen LogP contribution in [0.2, 0.25) is 0 Å². The molecule has 1 aromatic rings. The van der Waals surface area contributed by atoms with Crippen molar-refractivity contribution in [2.45, 2.75) is 37.8 Å². The number of hydrogen-bond donors (Lipinski definition) is 2. The van der Waals surface area contributed by atoms with Crippen LogP contribution in [0.1, 0.15) is 25.8 Å². The Morgan fingerprint density at radius 2 is 1.88 bits per heavy atom. The lowest BCUT2D eigenvalue weighted by Gasteiger charge is -2.32. The molecule has 0 aromatic heterocycles. The molecule has 0 bridgehead atoms. The maximum absolute atomic E-state index is 13.0. The van der Waals surface area contributed by atoms with E-state index < -0.39 is 10.0 Å². The molecule has 1 aromatic carbocycles. The predicted octanol–water partition coefficient (Wildman–Crippen LogP) is 1.44. The lowest BCUT2D eigenvalue weighted by Crippen LogP contribution is -2.47. The Balaban J connectivity index is 0.00000338. The Hall–Kier alpha value is -0.910. The van der Waals surface area contributed by atoms with Crippen molar-refractivity contribution in [2.24, 2.45) is 10.7 Å². The summed E-state index contributed by atoms with van der Waals surface area (Å²) in [6.07, 6.45) is 0.935. The number of hydrogen-bond acceptors (Lipinski definition) is 4. The fourth-order valence-electron chi connectivity index (χ4n) is 2.62. The maximum atomic E-state index is 13.0. The van der Waals surface area contributed by atoms with E-state index in [-0.39, 0.29) is 36.6 Å². The maximum Gasteiger partial charge on any atom is 0.243 e. The van der Waals surface area contributed by atoms with Gasteiger partial charge >= 0.3 is 0 Å². The Kier molecular flexibility index (Phi) is 9.28. The van der Waals surface area contributed by atoms with E-state index in [1.807, 2.05) is 20.0 Å². The molecule has 3 N–H and O–H groups in total. The Morgan fingerprint density at radius 3 is 2.50 bits per heavy atom. The van der Waals surface area contributed by atoms with Gasteiger partial charge < -0.3 is 16.0 Å². The van der Waals surface area contributed by atoms with Crippen LogP contribution in [-0.4, -0.2) is 62.9 Å². The molecule has 9 heteroatoms. The van der Waals surface area contributed by atoms with Crippen LogP contribution in [0.3, 0.4) is 0 Å². The Labute approximate surface area is 174 Å². The van der Waals surface area contributed by atoms with Crippen LogP contribution in [0.5, 0.6) is 0 Å². The van der Waals surface area contributed by atoms with Crippen LogP contribution < -0.4 is 11.1 Å². The lowest BCUT2D eigenvalue weighted by molar-refractivity contribution is 0.222. The molecule has 0 aliphatic carbocycles. The molecule has 0 radical (unpaired) electrons. The molecular weight excluding hydrogens is 465 g/mol. The monoisotopic (exact) mass is 495 g/mol. The molecule has 0 saturated carbocycles. The summed E-state index contributed by atoms with van der Waals surface area (Å²) < 4.78 is 27.5. The van der Waals surface area contributed by atoms with Gasteiger partial charge in [0.1, 0.15) is 0 Å². The molecular formula is C17H30IN5O2S. The van der Waals surface area contributed by atoms with Crippen molar-refractivity contribution >= 4 is 40.0 Å². The van der Waals surface area contributed by atoms with Crippen LogP contribution in [0, 0.1) is 0 Å². The van der Waals surface area contributed by atoms with Gasteiger partial charge in [0.15, 0.2) is 5.96 Å². The summed E-state index contributed by atoms with van der Waals surface area (Å²) in [6.45, 7) is 6.81. The van der Waals surface area contributed by atoms with Crippen LogP contribution in [0.4, 0.5) is 0 Å². The first-order valence-electron chi connectivity index (χ1n) is 8.67. The number of nitrogens with one attached hydrogen (secondary N) is 1. The average Bonchev–Trinajstić information content (AvgIpc) is 2.60. The fourth-order valence-corrected chi connectivity index (χ4v) is 4.26. The lowest BCUT2D eigenvalue weighted by atomic mass is 10.2. The van der Waals surface area contributed by atoms with Gasteiger partial charge in [-0.05, 0) is 32.0 Å². The third-order valence-electron chi connectivity index (χ3n) is 4.48. The number of benzene rings is 1. The zero-order valence-corrected chi connectivity index (χ0v) is 18.8. The first-order chi connectivity index (χ1) is 11.8. The molecule has 1 unspecified atom stereocenters. The number of halogens is 1. The highest BCUT2D eigenvalue weighted by atomic mass is 127. The molecule has 0 spiro atoms. The molecule has 148 valence electrons. The highest BCUT2D eigenvalue weighted by Crippen LogP contribution is 2.22. The largest absolute Gasteiger partial charge is 0.370 e. The van der Waals surface area contributed by atoms with Gasteiger partial charge in [0.25, 0.3) is 0 Å². The standard InChI is InChI=1S/C17H29N5O2S.HI/c1-4-14(2)20-17(18)19-13-15-7-5-6-8-16(15)25(23,24)22-11-9-21(3)10-12-22;/h5-8,14H,4,9-13H2,1-3H3,(H3,18,19,20);1H. The molecule has 1 aliphatic heterocycles. The van der Waals surface area contributed by atoms with E-state index >= 15 is 0 Å². The van der Waals surface area contributed by atoms with Crippen molar-refractivity contribution in [1.82, 2.24) is 14.5 Å². The first-order valence-corrected chi connectivity index (χ1v) is 10.1. The van der Waals surface area contributed by atoms with Gasteiger partial charge in [0.05, 0.1) is 11.4 Å². The van der Waals surface area contributed by atoms with Crippen LogP contribution >= 0.6 is 24.0 Å². The number of piperazine rings is 1. The topological polar surface area (TPSA) is 91.0 Å². The summed E-state index contributed by atoms with van der Waals surface area (Å²) in [7, 11) is -1.52. The van der Waals surface area contributed by atoms with Gasteiger partial charge in [-0.2, -0.15) is 4.31 Å². The van der Waals surface area contributed by atoms with Crippen molar-refractivity contribution in [3.8, 4) is 0 Å². The number of likely N-dealkylation sites (N-methyl/N-ethyl adjacent to an activating group) is 1. The number of nitrogens with two attached hydrogens (primary N) is 1. The van der Waals surface area contributed by atoms with Crippen LogP contribution in [0.25, 0.3) is 0 Å². The summed E-state index contributed by atoms with van der Waals surface area (Å²) >= 11 is 0. The van der Waals surface area contributed by atoms with E-state index in [4.69, 9.17) is 5.73 Å². The summed E-state index contributed by atoms with van der Waals surface area (Å²) in [4.78, 5) is 6.75. The number of sulfonamides is 1. The smallest absolute Gasteiger partial charge is 0.243 e. The second kappa shape index (κ2) is 10.4. The quantitative estimate of drug-likeness (QED) is 0.354. The molecule has 26 heavy (non-hydrogen) atoms. The zero-order chi connectivity index (χ0) is 18.4. The zero-order valence-electron chi connectivity index (χ0n) is 15.7. The van der Waals surface area contributed by atoms with Gasteiger partial charge in [0, 0.05) is 32.2 Å². The summed E-state index contributed by atoms with van der Waals surface area (Å²) in [5.74, 6) is 0.334. The molecule has 1 atom stereocenters. The van der Waals surface area contributed by atoms with E-state index in [9.17, 15) is 8.42 Å². The van der Waals surface area contributed by atoms with E-state index in [1.54, 1.807) is 22.5 Å². The molecule has 2 rings (SSSR count). The summed E-state index contributed by atoms with van der Waals surface area (Å²) in [5, 5.41) is 3.09. The first kappa shape index (κ1) is 23.1. The SMILES string of the molecule is CCC(C)NC(N)=NCc1ccccc1S(=O)(=O)N1CCN(C)CC1.I. The van der Waals surface area contributed by atoms with Crippen molar-refractivity contribution in [3.63, 3.8) is 0 Å². The summed E-state index contributed by atoms with van der Waals surface area (Å²) in [6, 6.07) is 7.25. The van der Waals surface area contributed by atoms with E-state index in [0.29, 0.717) is 29.5 Å². The predicted molar refractivity (Wildman–Crippen MR) is 116 cm³/mol. The molecule has 1 saturated heterocycles. The highest BCUT2D eigenvalue weighted by Gasteiger charge is 2.29. The minimum atomic E-state index is -3.52. The molecule has 1 aliphatic rings. The average molecular weight is 495 g/mol. The summed E-state index contributed by atoms with van der Waals surface area (Å²) in [5.41, 5.74) is 6.55. The Morgan fingerprint density at radius 1 is 1.27 bits per heavy atom. The number of rotatable bonds is 6. The second-order valence-electron chi connectivity index (χ2n) is 6.47. The number of aliphatic imine (C=N–C) groups is 1. The minimum Gasteiger partial charge on any atom is -0.370 e. The highest BCUT2D eigenvalue weighted by molar-refractivity contribution is 14.0. The second-order valence-corrected chi connectivity index (χ2v) is 8.38. The van der Waals surface area contributed by atoms with Crippen LogP contribution in [-0.2, 0) is 16.6 Å². The molecule has 1 heterocycles. The van der Waals surface area contributed by atoms with E-state index in [2.05, 4.69) is 22.1 Å². The van der Waals surface area contributed by atoms with E-state index in [1.165, 1.54) is 0 Å². The van der Waals surface area contributed by atoms with E-state index in [0.717, 1.165) is 19.5 Å². The van der Waals surface area contributed by atoms with Crippen molar-refractivity contribution in [2.75, 3.05) is 33.2 Å².